The summed E-state index contributed by atoms with van der Waals surface area (Å²) in [5.41, 5.74) is 0.702. The summed E-state index contributed by atoms with van der Waals surface area (Å²) in [4.78, 5) is 29.0. The van der Waals surface area contributed by atoms with Crippen LogP contribution in [0.15, 0.2) is 18.2 Å². The van der Waals surface area contributed by atoms with Crippen LogP contribution in [0.5, 0.6) is 11.5 Å². The molecule has 2 saturated heterocycles. The first-order valence-electron chi connectivity index (χ1n) is 9.05. The fourth-order valence-electron chi connectivity index (χ4n) is 3.74. The molecule has 1 aromatic carbocycles. The van der Waals surface area contributed by atoms with Gasteiger partial charge >= 0.3 is 0 Å². The molecule has 0 spiro atoms. The van der Waals surface area contributed by atoms with E-state index in [0.29, 0.717) is 36.3 Å². The molecule has 2 aliphatic heterocycles. The number of ether oxygens (including phenoxy) is 2. The minimum absolute atomic E-state index is 0.0409. The standard InChI is InChI=1S/C19H27N3O4/c1-20-14-5-4-6-21(12-14)19(24)13-7-18(23)22(11-13)15-8-16(25-2)10-17(9-15)26-3/h8-10,13-14,20H,4-7,11-12H2,1-3H3. The van der Waals surface area contributed by atoms with Gasteiger partial charge in [0.2, 0.25) is 11.8 Å². The zero-order valence-electron chi connectivity index (χ0n) is 15.7. The molecule has 2 heterocycles. The molecule has 0 aliphatic carbocycles. The number of nitrogens with one attached hydrogen (secondary N) is 1. The predicted octanol–water partition coefficient (Wildman–Crippen LogP) is 1.27. The fraction of sp³-hybridized carbons (Fsp3) is 0.579. The molecule has 0 saturated carbocycles. The van der Waals surface area contributed by atoms with Crippen molar-refractivity contribution in [1.29, 1.82) is 0 Å². The van der Waals surface area contributed by atoms with E-state index in [-0.39, 0.29) is 24.2 Å². The lowest BCUT2D eigenvalue weighted by molar-refractivity contribution is -0.137. The maximum atomic E-state index is 12.9. The zero-order valence-corrected chi connectivity index (χ0v) is 15.7. The molecule has 7 nitrogen and oxygen atoms in total. The molecule has 142 valence electrons. The highest BCUT2D eigenvalue weighted by Crippen LogP contribution is 2.33. The third kappa shape index (κ3) is 3.77. The van der Waals surface area contributed by atoms with E-state index in [1.165, 1.54) is 0 Å². The van der Waals surface area contributed by atoms with Crippen LogP contribution in [-0.4, -0.2) is 63.7 Å². The molecule has 1 N–H and O–H groups in total. The Hall–Kier alpha value is -2.28. The van der Waals surface area contributed by atoms with Gasteiger partial charge in [-0.15, -0.1) is 0 Å². The molecule has 26 heavy (non-hydrogen) atoms. The maximum absolute atomic E-state index is 12.9. The topological polar surface area (TPSA) is 71.1 Å². The number of rotatable bonds is 5. The van der Waals surface area contributed by atoms with E-state index >= 15 is 0 Å². The Bertz CT molecular complexity index is 656. The van der Waals surface area contributed by atoms with Gasteiger partial charge in [-0.05, 0) is 19.9 Å². The number of piperidine rings is 1. The first-order valence-corrected chi connectivity index (χ1v) is 9.05. The van der Waals surface area contributed by atoms with Crippen LogP contribution in [0, 0.1) is 5.92 Å². The second-order valence-electron chi connectivity index (χ2n) is 6.89. The van der Waals surface area contributed by atoms with Crippen LogP contribution in [0.25, 0.3) is 0 Å². The summed E-state index contributed by atoms with van der Waals surface area (Å²) in [6.45, 7) is 1.89. The lowest BCUT2D eigenvalue weighted by atomic mass is 10.0. The highest BCUT2D eigenvalue weighted by atomic mass is 16.5. The summed E-state index contributed by atoms with van der Waals surface area (Å²) in [6, 6.07) is 5.69. The number of hydrogen-bond acceptors (Lipinski definition) is 5. The Morgan fingerprint density at radius 3 is 2.46 bits per heavy atom. The van der Waals surface area contributed by atoms with Crippen molar-refractivity contribution in [1.82, 2.24) is 10.2 Å². The van der Waals surface area contributed by atoms with Crippen LogP contribution < -0.4 is 19.7 Å². The number of amides is 2. The number of hydrogen-bond donors (Lipinski definition) is 1. The van der Waals surface area contributed by atoms with Crippen molar-refractivity contribution < 1.29 is 19.1 Å². The maximum Gasteiger partial charge on any atom is 0.228 e. The van der Waals surface area contributed by atoms with E-state index in [0.717, 1.165) is 19.4 Å². The smallest absolute Gasteiger partial charge is 0.228 e. The second kappa shape index (κ2) is 7.95. The summed E-state index contributed by atoms with van der Waals surface area (Å²) < 4.78 is 10.6. The Labute approximate surface area is 154 Å². The second-order valence-corrected chi connectivity index (χ2v) is 6.89. The van der Waals surface area contributed by atoms with Gasteiger partial charge in [-0.2, -0.15) is 0 Å². The Kier molecular flexibility index (Phi) is 5.66. The summed E-state index contributed by atoms with van der Waals surface area (Å²) in [6.07, 6.45) is 2.33. The van der Waals surface area contributed by atoms with E-state index in [1.54, 1.807) is 37.3 Å². The molecule has 2 unspecified atom stereocenters. The summed E-state index contributed by atoms with van der Waals surface area (Å²) >= 11 is 0. The molecule has 7 heteroatoms. The SMILES string of the molecule is CNC1CCCN(C(=O)C2CC(=O)N(c3cc(OC)cc(OC)c3)C2)C1. The van der Waals surface area contributed by atoms with Crippen molar-refractivity contribution in [3.05, 3.63) is 18.2 Å². The summed E-state index contributed by atoms with van der Waals surface area (Å²) in [7, 11) is 5.08. The zero-order chi connectivity index (χ0) is 18.7. The first-order chi connectivity index (χ1) is 12.5. The van der Waals surface area contributed by atoms with Gasteiger partial charge in [-0.25, -0.2) is 0 Å². The number of nitrogens with zero attached hydrogens (tertiary/aromatic N) is 2. The van der Waals surface area contributed by atoms with Gasteiger partial charge in [0.1, 0.15) is 11.5 Å². The highest BCUT2D eigenvalue weighted by molar-refractivity contribution is 6.00. The average Bonchev–Trinajstić information content (AvgIpc) is 3.08. The van der Waals surface area contributed by atoms with Crippen LogP contribution >= 0.6 is 0 Å². The van der Waals surface area contributed by atoms with Crippen LogP contribution in [0.4, 0.5) is 5.69 Å². The molecule has 2 atom stereocenters. The third-order valence-electron chi connectivity index (χ3n) is 5.26. The Balaban J connectivity index is 1.73. The lowest BCUT2D eigenvalue weighted by Gasteiger charge is -2.34. The fourth-order valence-corrected chi connectivity index (χ4v) is 3.74. The number of methoxy groups -OCH3 is 2. The molecule has 0 bridgehead atoms. The normalized spacial score (nSPS) is 23.3. The molecule has 2 fully saturated rings. The molecule has 0 radical (unpaired) electrons. The number of likely N-dealkylation sites (N-methyl/N-ethyl adjacent to an activating group) is 1. The minimum atomic E-state index is -0.296. The molecule has 2 amide bonds. The largest absolute Gasteiger partial charge is 0.497 e. The minimum Gasteiger partial charge on any atom is -0.497 e. The summed E-state index contributed by atoms with van der Waals surface area (Å²) in [5, 5.41) is 3.25. The van der Waals surface area contributed by atoms with Crippen molar-refractivity contribution in [2.45, 2.75) is 25.3 Å². The van der Waals surface area contributed by atoms with Gasteiger partial charge in [0.05, 0.1) is 25.8 Å². The van der Waals surface area contributed by atoms with Gasteiger partial charge in [0.15, 0.2) is 0 Å². The molecular formula is C19H27N3O4. The number of carbonyl (C=O) groups is 2. The van der Waals surface area contributed by atoms with Gasteiger partial charge < -0.3 is 24.6 Å². The monoisotopic (exact) mass is 361 g/mol. The molecule has 2 aliphatic rings. The molecular weight excluding hydrogens is 334 g/mol. The quantitative estimate of drug-likeness (QED) is 0.855. The van der Waals surface area contributed by atoms with E-state index in [9.17, 15) is 9.59 Å². The number of carbonyl (C=O) groups excluding carboxylic acids is 2. The van der Waals surface area contributed by atoms with Crippen molar-refractivity contribution >= 4 is 17.5 Å². The van der Waals surface area contributed by atoms with Crippen molar-refractivity contribution in [2.75, 3.05) is 45.8 Å². The van der Waals surface area contributed by atoms with E-state index in [4.69, 9.17) is 9.47 Å². The third-order valence-corrected chi connectivity index (χ3v) is 5.26. The lowest BCUT2D eigenvalue weighted by Crippen LogP contribution is -2.49. The highest BCUT2D eigenvalue weighted by Gasteiger charge is 2.38. The van der Waals surface area contributed by atoms with Crippen LogP contribution in [-0.2, 0) is 9.59 Å². The first kappa shape index (κ1) is 18.5. The van der Waals surface area contributed by atoms with Crippen LogP contribution in [0.2, 0.25) is 0 Å². The Morgan fingerprint density at radius 1 is 1.15 bits per heavy atom. The van der Waals surface area contributed by atoms with Gasteiger partial charge in [-0.1, -0.05) is 0 Å². The van der Waals surface area contributed by atoms with E-state index in [2.05, 4.69) is 5.32 Å². The predicted molar refractivity (Wildman–Crippen MR) is 98.7 cm³/mol. The van der Waals surface area contributed by atoms with Gasteiger partial charge in [0.25, 0.3) is 0 Å². The number of anilines is 1. The average molecular weight is 361 g/mol. The van der Waals surface area contributed by atoms with Gasteiger partial charge in [-0.3, -0.25) is 9.59 Å². The van der Waals surface area contributed by atoms with Crippen molar-refractivity contribution in [3.63, 3.8) is 0 Å². The number of likely N-dealkylation sites (tertiary alicyclic amines) is 1. The van der Waals surface area contributed by atoms with Crippen LogP contribution in [0.1, 0.15) is 19.3 Å². The van der Waals surface area contributed by atoms with Crippen molar-refractivity contribution in [3.8, 4) is 11.5 Å². The van der Waals surface area contributed by atoms with E-state index < -0.39 is 0 Å². The Morgan fingerprint density at radius 2 is 1.85 bits per heavy atom. The molecule has 0 aromatic heterocycles. The number of benzene rings is 1. The summed E-state index contributed by atoms with van der Waals surface area (Å²) in [5.74, 6) is 0.983. The molecule has 3 rings (SSSR count). The molecule has 1 aromatic rings. The van der Waals surface area contributed by atoms with Gasteiger partial charge in [0, 0.05) is 50.3 Å². The van der Waals surface area contributed by atoms with E-state index in [1.807, 2.05) is 11.9 Å². The van der Waals surface area contributed by atoms with Crippen LogP contribution in [0.3, 0.4) is 0 Å². The van der Waals surface area contributed by atoms with Crippen molar-refractivity contribution in [2.24, 2.45) is 5.92 Å².